The number of nitrogens with zero attached hydrogens (tertiary/aromatic N) is 2. The lowest BCUT2D eigenvalue weighted by Gasteiger charge is -2.45. The van der Waals surface area contributed by atoms with E-state index < -0.39 is 0 Å². The minimum Gasteiger partial charge on any atom is -0.486 e. The third kappa shape index (κ3) is 2.49. The van der Waals surface area contributed by atoms with Crippen LogP contribution < -0.4 is 4.74 Å². The summed E-state index contributed by atoms with van der Waals surface area (Å²) in [5.41, 5.74) is 5.07. The number of ether oxygens (including phenoxy) is 1. The first kappa shape index (κ1) is 16.3. The van der Waals surface area contributed by atoms with Crippen LogP contribution in [0.1, 0.15) is 40.7 Å². The molecule has 2 aromatic carbocycles. The molecule has 1 aliphatic carbocycles. The average molecular weight is 373 g/mol. The summed E-state index contributed by atoms with van der Waals surface area (Å²) in [7, 11) is 0. The Morgan fingerprint density at radius 1 is 1.11 bits per heavy atom. The van der Waals surface area contributed by atoms with E-state index >= 15 is 0 Å². The predicted molar refractivity (Wildman–Crippen MR) is 107 cm³/mol. The first-order chi connectivity index (χ1) is 13.7. The van der Waals surface area contributed by atoms with E-state index in [1.54, 1.807) is 6.33 Å². The van der Waals surface area contributed by atoms with Gasteiger partial charge in [0.25, 0.3) is 0 Å². The molecular formula is C23H23N3O2. The number of aromatic amines is 1. The maximum absolute atomic E-state index is 12.9. The zero-order chi connectivity index (χ0) is 18.7. The molecule has 2 aliphatic heterocycles. The van der Waals surface area contributed by atoms with E-state index in [1.807, 2.05) is 12.1 Å². The van der Waals surface area contributed by atoms with E-state index in [0.717, 1.165) is 49.8 Å². The first-order valence-corrected chi connectivity index (χ1v) is 10.2. The molecule has 0 unspecified atom stereocenters. The summed E-state index contributed by atoms with van der Waals surface area (Å²) in [5, 5.41) is 0. The van der Waals surface area contributed by atoms with Crippen molar-refractivity contribution in [1.82, 2.24) is 14.9 Å². The molecule has 142 valence electrons. The molecule has 0 amide bonds. The number of rotatable bonds is 1. The van der Waals surface area contributed by atoms with Crippen molar-refractivity contribution in [3.8, 4) is 5.75 Å². The molecule has 0 bridgehead atoms. The number of imidazole rings is 1. The van der Waals surface area contributed by atoms with E-state index in [4.69, 9.17) is 4.74 Å². The quantitative estimate of drug-likeness (QED) is 0.709. The normalized spacial score (nSPS) is 21.6. The standard InChI is InChI=1S/C23H23N3O2/c27-21-13-23(28-22-12-20-19(11-18(21)22)24-14-25-20)5-7-26(8-6-23)17-9-15-3-1-2-4-16(15)10-17/h1-4,11-12,14,17H,5-10,13H2,(H,24,25). The molecule has 28 heavy (non-hydrogen) atoms. The predicted octanol–water partition coefficient (Wildman–Crippen LogP) is 3.53. The monoisotopic (exact) mass is 373 g/mol. The second-order valence-corrected chi connectivity index (χ2v) is 8.52. The SMILES string of the molecule is O=C1CC2(CCN(C3Cc4ccccc4C3)CC2)Oc2cc3nc[nH]c3cc21. The number of piperidine rings is 1. The number of aromatic nitrogens is 2. The number of hydrogen-bond donors (Lipinski definition) is 1. The summed E-state index contributed by atoms with van der Waals surface area (Å²) in [6.07, 6.45) is 6.24. The molecule has 1 spiro atoms. The van der Waals surface area contributed by atoms with Gasteiger partial charge in [-0.05, 0) is 30.0 Å². The minimum atomic E-state index is -0.351. The molecule has 0 radical (unpaired) electrons. The lowest BCUT2D eigenvalue weighted by Crippen LogP contribution is -2.53. The number of benzene rings is 2. The van der Waals surface area contributed by atoms with Crippen LogP contribution in [-0.4, -0.2) is 45.4 Å². The minimum absolute atomic E-state index is 0.194. The van der Waals surface area contributed by atoms with E-state index in [-0.39, 0.29) is 11.4 Å². The smallest absolute Gasteiger partial charge is 0.170 e. The van der Waals surface area contributed by atoms with Crippen molar-refractivity contribution in [2.24, 2.45) is 0 Å². The first-order valence-electron chi connectivity index (χ1n) is 10.2. The van der Waals surface area contributed by atoms with Gasteiger partial charge in [0.2, 0.25) is 0 Å². The van der Waals surface area contributed by atoms with Gasteiger partial charge in [-0.25, -0.2) is 4.98 Å². The molecule has 5 nitrogen and oxygen atoms in total. The van der Waals surface area contributed by atoms with Crippen LogP contribution in [0.3, 0.4) is 0 Å². The number of likely N-dealkylation sites (tertiary alicyclic amines) is 1. The molecular weight excluding hydrogens is 350 g/mol. The lowest BCUT2D eigenvalue weighted by molar-refractivity contribution is -0.0176. The van der Waals surface area contributed by atoms with E-state index in [9.17, 15) is 4.79 Å². The Hall–Kier alpha value is -2.66. The summed E-state index contributed by atoms with van der Waals surface area (Å²) in [5.74, 6) is 0.900. The Morgan fingerprint density at radius 3 is 2.61 bits per heavy atom. The van der Waals surface area contributed by atoms with Gasteiger partial charge in [-0.1, -0.05) is 24.3 Å². The molecule has 1 fully saturated rings. The van der Waals surface area contributed by atoms with Crippen LogP contribution in [0, 0.1) is 0 Å². The van der Waals surface area contributed by atoms with Crippen LogP contribution in [0.25, 0.3) is 11.0 Å². The highest BCUT2D eigenvalue weighted by Crippen LogP contribution is 2.41. The molecule has 3 aliphatic rings. The van der Waals surface area contributed by atoms with Crippen LogP contribution in [0.4, 0.5) is 0 Å². The number of carbonyl (C=O) groups excluding carboxylic acids is 1. The molecule has 0 atom stereocenters. The third-order valence-corrected chi connectivity index (χ3v) is 6.89. The maximum Gasteiger partial charge on any atom is 0.170 e. The highest BCUT2D eigenvalue weighted by atomic mass is 16.5. The van der Waals surface area contributed by atoms with E-state index in [2.05, 4.69) is 39.1 Å². The van der Waals surface area contributed by atoms with Gasteiger partial charge < -0.3 is 9.72 Å². The second kappa shape index (κ2) is 5.92. The zero-order valence-electron chi connectivity index (χ0n) is 15.8. The fourth-order valence-corrected chi connectivity index (χ4v) is 5.29. The summed E-state index contributed by atoms with van der Waals surface area (Å²) in [6, 6.07) is 13.2. The van der Waals surface area contributed by atoms with Gasteiger partial charge in [-0.15, -0.1) is 0 Å². The lowest BCUT2D eigenvalue weighted by atomic mass is 9.82. The Kier molecular flexibility index (Phi) is 3.45. The van der Waals surface area contributed by atoms with Crippen molar-refractivity contribution >= 4 is 16.8 Å². The van der Waals surface area contributed by atoms with Gasteiger partial charge >= 0.3 is 0 Å². The topological polar surface area (TPSA) is 58.2 Å². The average Bonchev–Trinajstić information content (AvgIpc) is 3.33. The summed E-state index contributed by atoms with van der Waals surface area (Å²) < 4.78 is 6.48. The van der Waals surface area contributed by atoms with Crippen molar-refractivity contribution in [1.29, 1.82) is 0 Å². The van der Waals surface area contributed by atoms with Crippen LogP contribution >= 0.6 is 0 Å². The van der Waals surface area contributed by atoms with Gasteiger partial charge in [0.15, 0.2) is 5.78 Å². The third-order valence-electron chi connectivity index (χ3n) is 6.89. The molecule has 3 aromatic rings. The van der Waals surface area contributed by atoms with Crippen molar-refractivity contribution in [2.45, 2.75) is 43.7 Å². The van der Waals surface area contributed by atoms with Crippen LogP contribution in [0.5, 0.6) is 5.75 Å². The molecule has 0 saturated carbocycles. The van der Waals surface area contributed by atoms with Gasteiger partial charge in [-0.3, -0.25) is 9.69 Å². The van der Waals surface area contributed by atoms with Crippen LogP contribution in [0.2, 0.25) is 0 Å². The number of ketones is 1. The molecule has 6 rings (SSSR count). The number of nitrogens with one attached hydrogen (secondary N) is 1. The number of fused-ring (bicyclic) bond motifs is 3. The summed E-state index contributed by atoms with van der Waals surface area (Å²) in [4.78, 5) is 22.9. The Balaban J connectivity index is 1.20. The molecule has 5 heteroatoms. The second-order valence-electron chi connectivity index (χ2n) is 8.52. The van der Waals surface area contributed by atoms with Crippen molar-refractivity contribution in [2.75, 3.05) is 13.1 Å². The van der Waals surface area contributed by atoms with Gasteiger partial charge in [0.05, 0.1) is 29.3 Å². The Bertz CT molecular complexity index is 1050. The highest BCUT2D eigenvalue weighted by Gasteiger charge is 2.44. The Labute approximate surface area is 163 Å². The van der Waals surface area contributed by atoms with E-state index in [0.29, 0.717) is 23.8 Å². The summed E-state index contributed by atoms with van der Waals surface area (Å²) >= 11 is 0. The van der Waals surface area contributed by atoms with Gasteiger partial charge in [-0.2, -0.15) is 0 Å². The zero-order valence-corrected chi connectivity index (χ0v) is 15.8. The highest BCUT2D eigenvalue weighted by molar-refractivity contribution is 6.03. The Morgan fingerprint density at radius 2 is 1.86 bits per heavy atom. The van der Waals surface area contributed by atoms with Crippen LogP contribution in [-0.2, 0) is 12.8 Å². The molecule has 1 N–H and O–H groups in total. The van der Waals surface area contributed by atoms with Gasteiger partial charge in [0.1, 0.15) is 11.4 Å². The summed E-state index contributed by atoms with van der Waals surface area (Å²) in [6.45, 7) is 1.98. The fraction of sp³-hybridized carbons (Fsp3) is 0.391. The number of hydrogen-bond acceptors (Lipinski definition) is 4. The molecule has 1 aromatic heterocycles. The largest absolute Gasteiger partial charge is 0.486 e. The number of Topliss-reactive ketones (excluding diaryl/α,β-unsaturated/α-hetero) is 1. The van der Waals surface area contributed by atoms with Crippen molar-refractivity contribution in [3.63, 3.8) is 0 Å². The maximum atomic E-state index is 12.9. The van der Waals surface area contributed by atoms with Gasteiger partial charge in [0, 0.05) is 38.0 Å². The molecule has 3 heterocycles. The van der Waals surface area contributed by atoms with Crippen molar-refractivity contribution in [3.05, 3.63) is 59.4 Å². The number of carbonyl (C=O) groups is 1. The fourth-order valence-electron chi connectivity index (χ4n) is 5.29. The molecule has 1 saturated heterocycles. The van der Waals surface area contributed by atoms with Crippen molar-refractivity contribution < 1.29 is 9.53 Å². The number of H-pyrrole nitrogens is 1. The van der Waals surface area contributed by atoms with E-state index in [1.165, 1.54) is 11.1 Å². The van der Waals surface area contributed by atoms with Crippen LogP contribution in [0.15, 0.2) is 42.7 Å².